The Morgan fingerprint density at radius 1 is 1.24 bits per heavy atom. The van der Waals surface area contributed by atoms with Gasteiger partial charge in [-0.1, -0.05) is 26.2 Å². The number of hydrogen-bond donors (Lipinski definition) is 1. The van der Waals surface area contributed by atoms with Crippen LogP contribution in [0.15, 0.2) is 16.7 Å². The number of piperidine rings is 1. The Balaban J connectivity index is 1.48. The van der Waals surface area contributed by atoms with Crippen LogP contribution in [0, 0.1) is 11.8 Å². The Labute approximate surface area is 129 Å². The topological polar surface area (TPSA) is 28.4 Å². The maximum Gasteiger partial charge on any atom is 0.118 e. The Kier molecular flexibility index (Phi) is 5.37. The molecular formula is C18H30N2O. The minimum atomic E-state index is 0.933. The molecule has 2 unspecified atom stereocenters. The predicted octanol–water partition coefficient (Wildman–Crippen LogP) is 3.79. The van der Waals surface area contributed by atoms with Crippen molar-refractivity contribution in [1.29, 1.82) is 0 Å². The summed E-state index contributed by atoms with van der Waals surface area (Å²) in [4.78, 5) is 2.61. The third kappa shape index (κ3) is 4.10. The molecule has 0 bridgehead atoms. The monoisotopic (exact) mass is 290 g/mol. The maximum atomic E-state index is 5.75. The third-order valence-corrected chi connectivity index (χ3v) is 5.22. The zero-order valence-electron chi connectivity index (χ0n) is 13.4. The Morgan fingerprint density at radius 3 is 2.95 bits per heavy atom. The van der Waals surface area contributed by atoms with Gasteiger partial charge in [0.2, 0.25) is 0 Å². The van der Waals surface area contributed by atoms with Crippen molar-refractivity contribution in [2.45, 2.75) is 58.5 Å². The number of furan rings is 1. The summed E-state index contributed by atoms with van der Waals surface area (Å²) in [5.41, 5.74) is 1.28. The number of fused-ring (bicyclic) bond motifs is 1. The molecule has 118 valence electrons. The van der Waals surface area contributed by atoms with Gasteiger partial charge in [0.1, 0.15) is 5.76 Å². The van der Waals surface area contributed by atoms with Gasteiger partial charge in [-0.2, -0.15) is 0 Å². The molecule has 1 saturated carbocycles. The molecule has 2 atom stereocenters. The fraction of sp³-hybridized carbons (Fsp3) is 0.778. The van der Waals surface area contributed by atoms with E-state index in [9.17, 15) is 0 Å². The molecule has 1 saturated heterocycles. The second-order valence-electron chi connectivity index (χ2n) is 6.93. The summed E-state index contributed by atoms with van der Waals surface area (Å²) >= 11 is 0. The molecule has 2 aliphatic rings. The molecule has 0 spiro atoms. The lowest BCUT2D eigenvalue weighted by molar-refractivity contribution is 0.0774. The number of nitrogens with zero attached hydrogens (tertiary/aromatic N) is 1. The van der Waals surface area contributed by atoms with Gasteiger partial charge in [0.05, 0.1) is 12.8 Å². The predicted molar refractivity (Wildman–Crippen MR) is 86.0 cm³/mol. The van der Waals surface area contributed by atoms with Gasteiger partial charge < -0.3 is 9.73 Å². The Morgan fingerprint density at radius 2 is 2.10 bits per heavy atom. The zero-order chi connectivity index (χ0) is 14.5. The minimum Gasteiger partial charge on any atom is -0.468 e. The quantitative estimate of drug-likeness (QED) is 0.808. The van der Waals surface area contributed by atoms with E-state index in [1.54, 1.807) is 0 Å². The summed E-state index contributed by atoms with van der Waals surface area (Å²) in [6.45, 7) is 7.75. The standard InChI is InChI=1S/C18H30N2O/c1-2-8-19-11-15-10-18(21-14-15)13-20-9-7-16-5-3-4-6-17(16)12-20/h10,14,16-17,19H,2-9,11-13H2,1H3. The largest absolute Gasteiger partial charge is 0.468 e. The molecule has 1 aliphatic carbocycles. The van der Waals surface area contributed by atoms with Crippen LogP contribution in [0.4, 0.5) is 0 Å². The van der Waals surface area contributed by atoms with Gasteiger partial charge in [0.15, 0.2) is 0 Å². The van der Waals surface area contributed by atoms with Crippen molar-refractivity contribution in [3.8, 4) is 0 Å². The van der Waals surface area contributed by atoms with E-state index in [1.165, 1.54) is 57.2 Å². The first kappa shape index (κ1) is 15.1. The van der Waals surface area contributed by atoms with Gasteiger partial charge in [-0.05, 0) is 50.3 Å². The van der Waals surface area contributed by atoms with Crippen LogP contribution in [-0.2, 0) is 13.1 Å². The van der Waals surface area contributed by atoms with Crippen LogP contribution in [0.25, 0.3) is 0 Å². The highest BCUT2D eigenvalue weighted by Gasteiger charge is 2.31. The van der Waals surface area contributed by atoms with Crippen molar-refractivity contribution in [3.63, 3.8) is 0 Å². The van der Waals surface area contributed by atoms with Crippen molar-refractivity contribution in [1.82, 2.24) is 10.2 Å². The van der Waals surface area contributed by atoms with Crippen LogP contribution in [0.3, 0.4) is 0 Å². The highest BCUT2D eigenvalue weighted by atomic mass is 16.3. The van der Waals surface area contributed by atoms with Gasteiger partial charge in [-0.3, -0.25) is 4.90 Å². The molecule has 0 radical (unpaired) electrons. The average Bonchev–Trinajstić information content (AvgIpc) is 2.95. The molecule has 1 N–H and O–H groups in total. The van der Waals surface area contributed by atoms with Crippen molar-refractivity contribution in [2.24, 2.45) is 11.8 Å². The van der Waals surface area contributed by atoms with Crippen LogP contribution in [0.1, 0.15) is 56.8 Å². The lowest BCUT2D eigenvalue weighted by Gasteiger charge is -2.41. The summed E-state index contributed by atoms with van der Waals surface area (Å²) in [7, 11) is 0. The van der Waals surface area contributed by atoms with Crippen molar-refractivity contribution >= 4 is 0 Å². The molecular weight excluding hydrogens is 260 g/mol. The van der Waals surface area contributed by atoms with E-state index in [2.05, 4.69) is 23.2 Å². The minimum absolute atomic E-state index is 0.933. The molecule has 2 heterocycles. The van der Waals surface area contributed by atoms with Crippen LogP contribution in [-0.4, -0.2) is 24.5 Å². The first-order valence-electron chi connectivity index (χ1n) is 8.84. The third-order valence-electron chi connectivity index (χ3n) is 5.22. The van der Waals surface area contributed by atoms with E-state index in [1.807, 2.05) is 6.26 Å². The number of rotatable bonds is 6. The SMILES string of the molecule is CCCNCc1coc(CN2CCC3CCCCC3C2)c1. The summed E-state index contributed by atoms with van der Waals surface area (Å²) in [5, 5.41) is 3.43. The van der Waals surface area contributed by atoms with Crippen LogP contribution in [0.2, 0.25) is 0 Å². The average molecular weight is 290 g/mol. The van der Waals surface area contributed by atoms with Gasteiger partial charge in [-0.25, -0.2) is 0 Å². The summed E-state index contributed by atoms with van der Waals surface area (Å²) in [6.07, 6.45) is 10.3. The molecule has 0 aromatic carbocycles. The Hall–Kier alpha value is -0.800. The normalized spacial score (nSPS) is 26.7. The molecule has 1 aromatic rings. The first-order chi connectivity index (χ1) is 10.3. The number of likely N-dealkylation sites (tertiary alicyclic amines) is 1. The second kappa shape index (κ2) is 7.46. The molecule has 3 heteroatoms. The van der Waals surface area contributed by atoms with E-state index in [0.717, 1.165) is 37.2 Å². The number of nitrogens with one attached hydrogen (secondary N) is 1. The van der Waals surface area contributed by atoms with E-state index in [4.69, 9.17) is 4.42 Å². The second-order valence-corrected chi connectivity index (χ2v) is 6.93. The van der Waals surface area contributed by atoms with E-state index in [-0.39, 0.29) is 0 Å². The van der Waals surface area contributed by atoms with Crippen molar-refractivity contribution in [2.75, 3.05) is 19.6 Å². The smallest absolute Gasteiger partial charge is 0.118 e. The van der Waals surface area contributed by atoms with E-state index < -0.39 is 0 Å². The van der Waals surface area contributed by atoms with Gasteiger partial charge in [0, 0.05) is 18.7 Å². The molecule has 3 rings (SSSR count). The lowest BCUT2D eigenvalue weighted by Crippen LogP contribution is -2.41. The van der Waals surface area contributed by atoms with Gasteiger partial charge >= 0.3 is 0 Å². The van der Waals surface area contributed by atoms with Crippen LogP contribution < -0.4 is 5.32 Å². The van der Waals surface area contributed by atoms with Gasteiger partial charge in [-0.15, -0.1) is 0 Å². The Bertz CT molecular complexity index is 429. The van der Waals surface area contributed by atoms with Gasteiger partial charge in [0.25, 0.3) is 0 Å². The molecule has 21 heavy (non-hydrogen) atoms. The first-order valence-corrected chi connectivity index (χ1v) is 8.84. The molecule has 2 fully saturated rings. The summed E-state index contributed by atoms with van der Waals surface area (Å²) < 4.78 is 5.75. The summed E-state index contributed by atoms with van der Waals surface area (Å²) in [6, 6.07) is 2.23. The highest BCUT2D eigenvalue weighted by Crippen LogP contribution is 2.36. The van der Waals surface area contributed by atoms with Crippen molar-refractivity contribution in [3.05, 3.63) is 23.7 Å². The highest BCUT2D eigenvalue weighted by molar-refractivity contribution is 5.12. The number of hydrogen-bond acceptors (Lipinski definition) is 3. The fourth-order valence-electron chi connectivity index (χ4n) is 4.05. The van der Waals surface area contributed by atoms with Crippen LogP contribution in [0.5, 0.6) is 0 Å². The van der Waals surface area contributed by atoms with E-state index in [0.29, 0.717) is 0 Å². The molecule has 1 aromatic heterocycles. The molecule has 1 aliphatic heterocycles. The molecule has 0 amide bonds. The van der Waals surface area contributed by atoms with E-state index >= 15 is 0 Å². The molecule has 3 nitrogen and oxygen atoms in total. The zero-order valence-corrected chi connectivity index (χ0v) is 13.4. The van der Waals surface area contributed by atoms with Crippen LogP contribution >= 0.6 is 0 Å². The fourth-order valence-corrected chi connectivity index (χ4v) is 4.05. The maximum absolute atomic E-state index is 5.75. The van der Waals surface area contributed by atoms with Crippen molar-refractivity contribution < 1.29 is 4.42 Å². The lowest BCUT2D eigenvalue weighted by atomic mass is 9.75. The summed E-state index contributed by atoms with van der Waals surface area (Å²) in [5.74, 6) is 3.10.